The molecule has 0 aromatic rings. The van der Waals surface area contributed by atoms with Gasteiger partial charge in [-0.15, -0.1) is 0 Å². The monoisotopic (exact) mass is 269 g/mol. The van der Waals surface area contributed by atoms with Crippen molar-refractivity contribution in [2.75, 3.05) is 19.7 Å². The molecule has 0 spiro atoms. The number of carbonyl (C=O) groups is 2. The van der Waals surface area contributed by atoms with Gasteiger partial charge in [-0.3, -0.25) is 9.59 Å². The van der Waals surface area contributed by atoms with Crippen molar-refractivity contribution in [3.8, 4) is 0 Å². The predicted molar refractivity (Wildman–Crippen MR) is 69.8 cm³/mol. The van der Waals surface area contributed by atoms with Gasteiger partial charge in [0.25, 0.3) is 0 Å². The number of amides is 1. The molecule has 2 rings (SSSR count). The van der Waals surface area contributed by atoms with Gasteiger partial charge in [-0.2, -0.15) is 0 Å². The molecule has 2 atom stereocenters. The van der Waals surface area contributed by atoms with Crippen molar-refractivity contribution < 1.29 is 19.4 Å². The lowest BCUT2D eigenvalue weighted by Gasteiger charge is -2.31. The van der Waals surface area contributed by atoms with Crippen molar-refractivity contribution in [2.45, 2.75) is 51.0 Å². The smallest absolute Gasteiger partial charge is 0.308 e. The van der Waals surface area contributed by atoms with E-state index in [2.05, 4.69) is 0 Å². The molecule has 0 aromatic carbocycles. The first kappa shape index (κ1) is 14.3. The van der Waals surface area contributed by atoms with Crippen LogP contribution >= 0.6 is 0 Å². The lowest BCUT2D eigenvalue weighted by Crippen LogP contribution is -2.42. The zero-order valence-corrected chi connectivity index (χ0v) is 11.3. The highest BCUT2D eigenvalue weighted by Crippen LogP contribution is 2.20. The van der Waals surface area contributed by atoms with E-state index >= 15 is 0 Å². The summed E-state index contributed by atoms with van der Waals surface area (Å²) in [7, 11) is 0. The first-order chi connectivity index (χ1) is 9.16. The maximum Gasteiger partial charge on any atom is 0.308 e. The van der Waals surface area contributed by atoms with Gasteiger partial charge in [0.05, 0.1) is 12.0 Å². The van der Waals surface area contributed by atoms with Gasteiger partial charge >= 0.3 is 5.97 Å². The summed E-state index contributed by atoms with van der Waals surface area (Å²) in [5.41, 5.74) is 0. The standard InChI is InChI=1S/C14H23NO4/c16-13(7-6-12-5-1-2-9-19-12)15-8-3-4-11(10-15)14(17)18/h11-12H,1-10H2,(H,17,18)/t11-,12-/m1/s1. The van der Waals surface area contributed by atoms with Crippen LogP contribution < -0.4 is 0 Å². The van der Waals surface area contributed by atoms with E-state index in [-0.39, 0.29) is 17.9 Å². The fourth-order valence-corrected chi connectivity index (χ4v) is 2.88. The van der Waals surface area contributed by atoms with Crippen LogP contribution in [0.15, 0.2) is 0 Å². The van der Waals surface area contributed by atoms with Gasteiger partial charge in [0.1, 0.15) is 0 Å². The summed E-state index contributed by atoms with van der Waals surface area (Å²) >= 11 is 0. The van der Waals surface area contributed by atoms with Crippen LogP contribution in [-0.4, -0.2) is 47.7 Å². The van der Waals surface area contributed by atoms with Gasteiger partial charge in [0.2, 0.25) is 5.91 Å². The zero-order chi connectivity index (χ0) is 13.7. The number of carbonyl (C=O) groups excluding carboxylic acids is 1. The molecule has 0 unspecified atom stereocenters. The Morgan fingerprint density at radius 2 is 2.05 bits per heavy atom. The average molecular weight is 269 g/mol. The fraction of sp³-hybridized carbons (Fsp3) is 0.857. The molecule has 1 amide bonds. The minimum atomic E-state index is -0.784. The van der Waals surface area contributed by atoms with Gasteiger partial charge in [-0.1, -0.05) is 0 Å². The molecule has 0 aromatic heterocycles. The Bertz CT molecular complexity index is 325. The van der Waals surface area contributed by atoms with Crippen molar-refractivity contribution in [1.82, 2.24) is 4.90 Å². The third-order valence-corrected chi connectivity index (χ3v) is 4.08. The molecule has 2 aliphatic rings. The normalized spacial score (nSPS) is 28.1. The van der Waals surface area contributed by atoms with E-state index in [0.717, 1.165) is 32.3 Å². The Hall–Kier alpha value is -1.10. The number of hydrogen-bond donors (Lipinski definition) is 1. The number of piperidine rings is 1. The molecule has 0 saturated carbocycles. The Balaban J connectivity index is 1.74. The maximum atomic E-state index is 12.1. The molecule has 5 nitrogen and oxygen atoms in total. The highest BCUT2D eigenvalue weighted by atomic mass is 16.5. The number of aliphatic carboxylic acids is 1. The van der Waals surface area contributed by atoms with Gasteiger partial charge < -0.3 is 14.7 Å². The molecule has 0 bridgehead atoms. The first-order valence-electron chi connectivity index (χ1n) is 7.29. The number of ether oxygens (including phenoxy) is 1. The minimum absolute atomic E-state index is 0.0834. The first-order valence-corrected chi connectivity index (χ1v) is 7.29. The maximum absolute atomic E-state index is 12.1. The summed E-state index contributed by atoms with van der Waals surface area (Å²) in [6, 6.07) is 0. The third-order valence-electron chi connectivity index (χ3n) is 4.08. The van der Waals surface area contributed by atoms with Crippen molar-refractivity contribution in [3.05, 3.63) is 0 Å². The van der Waals surface area contributed by atoms with Crippen LogP contribution in [-0.2, 0) is 14.3 Å². The van der Waals surface area contributed by atoms with Crippen LogP contribution in [0.2, 0.25) is 0 Å². The second kappa shape index (κ2) is 6.89. The summed E-state index contributed by atoms with van der Waals surface area (Å²) in [5, 5.41) is 9.01. The number of nitrogens with zero attached hydrogens (tertiary/aromatic N) is 1. The van der Waals surface area contributed by atoms with Crippen molar-refractivity contribution in [1.29, 1.82) is 0 Å². The van der Waals surface area contributed by atoms with Crippen LogP contribution in [0.25, 0.3) is 0 Å². The molecule has 0 aliphatic carbocycles. The Morgan fingerprint density at radius 3 is 2.74 bits per heavy atom. The Kier molecular flexibility index (Phi) is 5.19. The molecule has 108 valence electrons. The Morgan fingerprint density at radius 1 is 1.21 bits per heavy atom. The summed E-state index contributed by atoms with van der Waals surface area (Å²) < 4.78 is 5.61. The molecular weight excluding hydrogens is 246 g/mol. The van der Waals surface area contributed by atoms with E-state index in [9.17, 15) is 9.59 Å². The molecule has 19 heavy (non-hydrogen) atoms. The van der Waals surface area contributed by atoms with Crippen LogP contribution in [0.4, 0.5) is 0 Å². The van der Waals surface area contributed by atoms with Crippen molar-refractivity contribution in [3.63, 3.8) is 0 Å². The predicted octanol–water partition coefficient (Wildman–Crippen LogP) is 1.66. The van der Waals surface area contributed by atoms with Crippen molar-refractivity contribution in [2.24, 2.45) is 5.92 Å². The molecule has 2 heterocycles. The highest BCUT2D eigenvalue weighted by molar-refractivity contribution is 5.78. The van der Waals surface area contributed by atoms with E-state index in [4.69, 9.17) is 9.84 Å². The number of likely N-dealkylation sites (tertiary alicyclic amines) is 1. The molecule has 2 fully saturated rings. The fourth-order valence-electron chi connectivity index (χ4n) is 2.88. The number of hydrogen-bond acceptors (Lipinski definition) is 3. The van der Waals surface area contributed by atoms with E-state index in [0.29, 0.717) is 25.9 Å². The van der Waals surface area contributed by atoms with Gasteiger partial charge in [-0.25, -0.2) is 0 Å². The molecule has 5 heteroatoms. The molecule has 1 N–H and O–H groups in total. The van der Waals surface area contributed by atoms with Crippen LogP contribution in [0, 0.1) is 5.92 Å². The number of carboxylic acid groups (broad SMARTS) is 1. The average Bonchev–Trinajstić information content (AvgIpc) is 2.46. The largest absolute Gasteiger partial charge is 0.481 e. The van der Waals surface area contributed by atoms with Crippen LogP contribution in [0.1, 0.15) is 44.9 Å². The topological polar surface area (TPSA) is 66.8 Å². The van der Waals surface area contributed by atoms with E-state index in [1.165, 1.54) is 6.42 Å². The lowest BCUT2D eigenvalue weighted by atomic mass is 9.97. The molecule has 2 saturated heterocycles. The molecular formula is C14H23NO4. The SMILES string of the molecule is O=C(O)[C@@H]1CCCN(C(=O)CC[C@H]2CCCCO2)C1. The summed E-state index contributed by atoms with van der Waals surface area (Å²) in [6.45, 7) is 1.89. The third kappa shape index (κ3) is 4.20. The quantitative estimate of drug-likeness (QED) is 0.843. The summed E-state index contributed by atoms with van der Waals surface area (Å²) in [5.74, 6) is -1.09. The second-order valence-corrected chi connectivity index (χ2v) is 5.54. The Labute approximate surface area is 113 Å². The minimum Gasteiger partial charge on any atom is -0.481 e. The summed E-state index contributed by atoms with van der Waals surface area (Å²) in [4.78, 5) is 24.8. The highest BCUT2D eigenvalue weighted by Gasteiger charge is 2.28. The zero-order valence-electron chi connectivity index (χ0n) is 11.3. The summed E-state index contributed by atoms with van der Waals surface area (Å²) in [6.07, 6.45) is 6.31. The molecule has 2 aliphatic heterocycles. The van der Waals surface area contributed by atoms with E-state index in [1.54, 1.807) is 4.90 Å². The number of rotatable bonds is 4. The van der Waals surface area contributed by atoms with Crippen molar-refractivity contribution >= 4 is 11.9 Å². The lowest BCUT2D eigenvalue weighted by molar-refractivity contribution is -0.145. The van der Waals surface area contributed by atoms with E-state index < -0.39 is 5.97 Å². The van der Waals surface area contributed by atoms with E-state index in [1.807, 2.05) is 0 Å². The van der Waals surface area contributed by atoms with Gasteiger partial charge in [0.15, 0.2) is 0 Å². The van der Waals surface area contributed by atoms with Crippen LogP contribution in [0.5, 0.6) is 0 Å². The van der Waals surface area contributed by atoms with Gasteiger partial charge in [-0.05, 0) is 38.5 Å². The van der Waals surface area contributed by atoms with Gasteiger partial charge in [0, 0.05) is 26.1 Å². The van der Waals surface area contributed by atoms with Crippen LogP contribution in [0.3, 0.4) is 0 Å². The second-order valence-electron chi connectivity index (χ2n) is 5.54. The molecule has 0 radical (unpaired) electrons. The number of carboxylic acids is 1.